The molecule has 2 rings (SSSR count). The van der Waals surface area contributed by atoms with Crippen LogP contribution in [-0.2, 0) is 11.3 Å². The molecule has 1 fully saturated rings. The Labute approximate surface area is 130 Å². The molecule has 2 N–H and O–H groups in total. The van der Waals surface area contributed by atoms with Gasteiger partial charge >= 0.3 is 0 Å². The summed E-state index contributed by atoms with van der Waals surface area (Å²) in [7, 11) is 1.53. The Morgan fingerprint density at radius 1 is 1.48 bits per heavy atom. The minimum absolute atomic E-state index is 0.0139. The molecule has 0 atom stereocenters. The molecule has 1 aliphatic carbocycles. The molecule has 0 spiro atoms. The van der Waals surface area contributed by atoms with E-state index in [0.717, 1.165) is 18.4 Å². The molecular formula is C15H21ClN2O3. The number of carbonyl (C=O) groups is 1. The fraction of sp³-hybridized carbons (Fsp3) is 0.533. The van der Waals surface area contributed by atoms with E-state index in [4.69, 9.17) is 26.8 Å². The number of amides is 1. The largest absolute Gasteiger partial charge is 0.493 e. The van der Waals surface area contributed by atoms with E-state index in [-0.39, 0.29) is 19.1 Å². The van der Waals surface area contributed by atoms with Crippen molar-refractivity contribution in [2.45, 2.75) is 32.4 Å². The lowest BCUT2D eigenvalue weighted by atomic mass is 10.2. The Kier molecular flexibility index (Phi) is 5.31. The fourth-order valence-electron chi connectivity index (χ4n) is 2.33. The summed E-state index contributed by atoms with van der Waals surface area (Å²) in [5.74, 6) is 0.967. The Balaban J connectivity index is 2.09. The maximum absolute atomic E-state index is 12.2. The summed E-state index contributed by atoms with van der Waals surface area (Å²) in [6.07, 6.45) is 2.16. The summed E-state index contributed by atoms with van der Waals surface area (Å²) in [5.41, 5.74) is 6.43. The van der Waals surface area contributed by atoms with Crippen molar-refractivity contribution < 1.29 is 14.3 Å². The third kappa shape index (κ3) is 3.80. The zero-order valence-corrected chi connectivity index (χ0v) is 13.2. The quantitative estimate of drug-likeness (QED) is 0.838. The first-order valence-corrected chi connectivity index (χ1v) is 7.47. The van der Waals surface area contributed by atoms with Gasteiger partial charge in [0, 0.05) is 35.8 Å². The van der Waals surface area contributed by atoms with Gasteiger partial charge in [-0.1, -0.05) is 11.6 Å². The fourth-order valence-corrected chi connectivity index (χ4v) is 2.56. The Hall–Kier alpha value is -1.46. The van der Waals surface area contributed by atoms with Crippen LogP contribution >= 0.6 is 11.6 Å². The number of methoxy groups -OCH3 is 1. The van der Waals surface area contributed by atoms with Crippen molar-refractivity contribution in [1.82, 2.24) is 4.90 Å². The molecule has 1 aromatic rings. The van der Waals surface area contributed by atoms with Crippen LogP contribution in [0.4, 0.5) is 0 Å². The van der Waals surface area contributed by atoms with Gasteiger partial charge in [0.05, 0.1) is 7.11 Å². The summed E-state index contributed by atoms with van der Waals surface area (Å²) in [5, 5.41) is 0.527. The molecule has 6 heteroatoms. The van der Waals surface area contributed by atoms with Crippen LogP contribution in [0.2, 0.25) is 5.02 Å². The monoisotopic (exact) mass is 312 g/mol. The van der Waals surface area contributed by atoms with Crippen molar-refractivity contribution in [3.63, 3.8) is 0 Å². The second-order valence-electron chi connectivity index (χ2n) is 5.00. The lowest BCUT2D eigenvalue weighted by molar-refractivity contribution is -0.133. The Bertz CT molecular complexity index is 493. The van der Waals surface area contributed by atoms with Gasteiger partial charge in [0.15, 0.2) is 18.1 Å². The van der Waals surface area contributed by atoms with Gasteiger partial charge in [-0.2, -0.15) is 0 Å². The van der Waals surface area contributed by atoms with E-state index in [1.807, 2.05) is 11.8 Å². The summed E-state index contributed by atoms with van der Waals surface area (Å²) in [6.45, 7) is 2.93. The average molecular weight is 313 g/mol. The molecule has 0 heterocycles. The molecule has 0 aromatic heterocycles. The predicted octanol–water partition coefficient (Wildman–Crippen LogP) is 2.20. The molecule has 1 aromatic carbocycles. The van der Waals surface area contributed by atoms with Crippen LogP contribution < -0.4 is 15.2 Å². The van der Waals surface area contributed by atoms with Crippen LogP contribution in [0.3, 0.4) is 0 Å². The van der Waals surface area contributed by atoms with Crippen LogP contribution in [0.25, 0.3) is 0 Å². The number of benzene rings is 1. The van der Waals surface area contributed by atoms with Gasteiger partial charge in [-0.05, 0) is 25.8 Å². The molecule has 5 nitrogen and oxygen atoms in total. The highest BCUT2D eigenvalue weighted by atomic mass is 35.5. The lowest BCUT2D eigenvalue weighted by Crippen LogP contribution is -2.36. The Morgan fingerprint density at radius 3 is 2.71 bits per heavy atom. The smallest absolute Gasteiger partial charge is 0.260 e. The molecule has 0 saturated heterocycles. The van der Waals surface area contributed by atoms with E-state index in [0.29, 0.717) is 29.1 Å². The third-order valence-electron chi connectivity index (χ3n) is 3.53. The van der Waals surface area contributed by atoms with E-state index in [2.05, 4.69) is 0 Å². The van der Waals surface area contributed by atoms with Crippen LogP contribution in [0.15, 0.2) is 12.1 Å². The Morgan fingerprint density at radius 2 is 2.19 bits per heavy atom. The highest BCUT2D eigenvalue weighted by Gasteiger charge is 2.31. The standard InChI is InChI=1S/C15H21ClN2O3/c1-3-18(12-4-5-12)14(19)9-21-15-10(8-17)6-11(16)7-13(15)20-2/h6-7,12H,3-5,8-9,17H2,1-2H3. The van der Waals surface area contributed by atoms with Crippen molar-refractivity contribution >= 4 is 17.5 Å². The number of likely N-dealkylation sites (N-methyl/N-ethyl adjacent to an activating group) is 1. The van der Waals surface area contributed by atoms with Gasteiger partial charge in [0.1, 0.15) is 0 Å². The van der Waals surface area contributed by atoms with Gasteiger partial charge in [-0.25, -0.2) is 0 Å². The van der Waals surface area contributed by atoms with Crippen molar-refractivity contribution in [3.05, 3.63) is 22.7 Å². The van der Waals surface area contributed by atoms with Crippen molar-refractivity contribution in [1.29, 1.82) is 0 Å². The first-order valence-electron chi connectivity index (χ1n) is 7.09. The van der Waals surface area contributed by atoms with Gasteiger partial charge in [-0.3, -0.25) is 4.79 Å². The maximum Gasteiger partial charge on any atom is 0.260 e. The van der Waals surface area contributed by atoms with Gasteiger partial charge in [0.25, 0.3) is 5.91 Å². The van der Waals surface area contributed by atoms with Crippen molar-refractivity contribution in [3.8, 4) is 11.5 Å². The van der Waals surface area contributed by atoms with E-state index < -0.39 is 0 Å². The zero-order valence-electron chi connectivity index (χ0n) is 12.4. The third-order valence-corrected chi connectivity index (χ3v) is 3.74. The summed E-state index contributed by atoms with van der Waals surface area (Å²) < 4.78 is 10.9. The topological polar surface area (TPSA) is 64.8 Å². The number of rotatable bonds is 7. The van der Waals surface area contributed by atoms with Crippen LogP contribution in [0.5, 0.6) is 11.5 Å². The van der Waals surface area contributed by atoms with Gasteiger partial charge in [0.2, 0.25) is 0 Å². The minimum Gasteiger partial charge on any atom is -0.493 e. The van der Waals surface area contributed by atoms with Crippen LogP contribution in [-0.4, -0.2) is 37.1 Å². The second-order valence-corrected chi connectivity index (χ2v) is 5.44. The van der Waals surface area contributed by atoms with E-state index >= 15 is 0 Å². The maximum atomic E-state index is 12.2. The minimum atomic E-state index is -0.0185. The van der Waals surface area contributed by atoms with Crippen LogP contribution in [0.1, 0.15) is 25.3 Å². The van der Waals surface area contributed by atoms with Gasteiger partial charge < -0.3 is 20.1 Å². The average Bonchev–Trinajstić information content (AvgIpc) is 3.30. The highest BCUT2D eigenvalue weighted by molar-refractivity contribution is 6.30. The van der Waals surface area contributed by atoms with E-state index in [9.17, 15) is 4.79 Å². The number of hydrogen-bond donors (Lipinski definition) is 1. The lowest BCUT2D eigenvalue weighted by Gasteiger charge is -2.21. The van der Waals surface area contributed by atoms with Crippen LogP contribution in [0, 0.1) is 0 Å². The first-order chi connectivity index (χ1) is 10.1. The second kappa shape index (κ2) is 7.00. The molecule has 0 radical (unpaired) electrons. The van der Waals surface area contributed by atoms with Crippen molar-refractivity contribution in [2.24, 2.45) is 5.73 Å². The number of hydrogen-bond acceptors (Lipinski definition) is 4. The molecule has 0 aliphatic heterocycles. The molecule has 1 amide bonds. The van der Waals surface area contributed by atoms with Gasteiger partial charge in [-0.15, -0.1) is 0 Å². The number of halogens is 1. The molecule has 1 saturated carbocycles. The molecule has 0 bridgehead atoms. The predicted molar refractivity (Wildman–Crippen MR) is 81.8 cm³/mol. The van der Waals surface area contributed by atoms with Crippen molar-refractivity contribution in [2.75, 3.05) is 20.3 Å². The molecule has 21 heavy (non-hydrogen) atoms. The van der Waals surface area contributed by atoms with E-state index in [1.165, 1.54) is 7.11 Å². The number of carbonyl (C=O) groups excluding carboxylic acids is 1. The normalized spacial score (nSPS) is 13.9. The number of ether oxygens (including phenoxy) is 2. The number of nitrogens with two attached hydrogens (primary N) is 1. The molecular weight excluding hydrogens is 292 g/mol. The summed E-state index contributed by atoms with van der Waals surface area (Å²) in [4.78, 5) is 14.0. The summed E-state index contributed by atoms with van der Waals surface area (Å²) in [6, 6.07) is 3.76. The molecule has 116 valence electrons. The number of nitrogens with zero attached hydrogens (tertiary/aromatic N) is 1. The zero-order chi connectivity index (χ0) is 15.4. The molecule has 1 aliphatic rings. The molecule has 0 unspecified atom stereocenters. The first kappa shape index (κ1) is 15.9. The SMILES string of the molecule is CCN(C(=O)COc1c(CN)cc(Cl)cc1OC)C1CC1. The highest BCUT2D eigenvalue weighted by Crippen LogP contribution is 2.34. The van der Waals surface area contributed by atoms with E-state index in [1.54, 1.807) is 12.1 Å². The summed E-state index contributed by atoms with van der Waals surface area (Å²) >= 11 is 6.00.